The van der Waals surface area contributed by atoms with Crippen LogP contribution >= 0.6 is 11.3 Å². The van der Waals surface area contributed by atoms with E-state index in [9.17, 15) is 9.59 Å². The minimum absolute atomic E-state index is 0.231. The molecule has 0 aliphatic heterocycles. The molecule has 0 saturated heterocycles. The first kappa shape index (κ1) is 21.8. The monoisotopic (exact) mass is 440 g/mol. The lowest BCUT2D eigenvalue weighted by Crippen LogP contribution is -2.16. The van der Waals surface area contributed by atoms with Crippen LogP contribution in [0.4, 0.5) is 0 Å². The number of rotatable bonds is 8. The predicted octanol–water partition coefficient (Wildman–Crippen LogP) is 3.76. The zero-order valence-electron chi connectivity index (χ0n) is 17.1. The van der Waals surface area contributed by atoms with Gasteiger partial charge >= 0.3 is 5.97 Å². The van der Waals surface area contributed by atoms with E-state index >= 15 is 0 Å². The molecule has 0 aliphatic carbocycles. The van der Waals surface area contributed by atoms with Gasteiger partial charge in [0.2, 0.25) is 0 Å². The number of nitrogens with one attached hydrogen (secondary N) is 1. The van der Waals surface area contributed by atoms with Gasteiger partial charge in [0.1, 0.15) is 11.5 Å². The fourth-order valence-corrected chi connectivity index (χ4v) is 3.17. The molecule has 0 bridgehead atoms. The van der Waals surface area contributed by atoms with Gasteiger partial charge in [0.25, 0.3) is 5.91 Å². The summed E-state index contributed by atoms with van der Waals surface area (Å²) in [5, 5.41) is 5.75. The standard InChI is InChI=1S/C22H20N2O6S/c1-27-16-10-15(11-17(12-16)28-2)22(26)30-18-7-6-14(9-19(18)29-3)13-23-24-21(25)20-5-4-8-31-20/h4-13H,1-3H3,(H,24,25). The smallest absolute Gasteiger partial charge is 0.343 e. The van der Waals surface area contributed by atoms with Gasteiger partial charge in [-0.05, 0) is 47.3 Å². The van der Waals surface area contributed by atoms with Crippen molar-refractivity contribution in [2.75, 3.05) is 21.3 Å². The third-order valence-electron chi connectivity index (χ3n) is 4.10. The minimum Gasteiger partial charge on any atom is -0.497 e. The van der Waals surface area contributed by atoms with Crippen LogP contribution in [0, 0.1) is 0 Å². The van der Waals surface area contributed by atoms with E-state index in [-0.39, 0.29) is 17.2 Å². The van der Waals surface area contributed by atoms with Crippen LogP contribution in [-0.2, 0) is 0 Å². The number of hydrogen-bond acceptors (Lipinski definition) is 8. The number of nitrogens with zero attached hydrogens (tertiary/aromatic N) is 1. The normalized spacial score (nSPS) is 10.5. The zero-order chi connectivity index (χ0) is 22.2. The highest BCUT2D eigenvalue weighted by molar-refractivity contribution is 7.12. The molecule has 0 saturated carbocycles. The summed E-state index contributed by atoms with van der Waals surface area (Å²) in [5.74, 6) is 0.604. The maximum Gasteiger partial charge on any atom is 0.343 e. The van der Waals surface area contributed by atoms with Crippen LogP contribution in [-0.4, -0.2) is 39.4 Å². The number of thiophene rings is 1. The second-order valence-electron chi connectivity index (χ2n) is 6.08. The van der Waals surface area contributed by atoms with Crippen molar-refractivity contribution >= 4 is 29.4 Å². The summed E-state index contributed by atoms with van der Waals surface area (Å²) in [6, 6.07) is 13.1. The molecule has 160 valence electrons. The highest BCUT2D eigenvalue weighted by Crippen LogP contribution is 2.29. The fraction of sp³-hybridized carbons (Fsp3) is 0.136. The minimum atomic E-state index is -0.597. The average Bonchev–Trinajstić information content (AvgIpc) is 3.34. The van der Waals surface area contributed by atoms with Crippen LogP contribution in [0.5, 0.6) is 23.0 Å². The average molecular weight is 440 g/mol. The van der Waals surface area contributed by atoms with Crippen molar-refractivity contribution < 1.29 is 28.5 Å². The van der Waals surface area contributed by atoms with Crippen molar-refractivity contribution in [2.45, 2.75) is 0 Å². The molecule has 0 aliphatic rings. The Morgan fingerprint density at radius 3 is 2.29 bits per heavy atom. The second kappa shape index (κ2) is 10.3. The maximum atomic E-state index is 12.6. The van der Waals surface area contributed by atoms with Gasteiger partial charge in [0.15, 0.2) is 11.5 Å². The summed E-state index contributed by atoms with van der Waals surface area (Å²) in [7, 11) is 4.45. The van der Waals surface area contributed by atoms with Crippen LogP contribution in [0.25, 0.3) is 0 Å². The molecule has 0 spiro atoms. The summed E-state index contributed by atoms with van der Waals surface area (Å²) < 4.78 is 21.2. The third kappa shape index (κ3) is 5.61. The Morgan fingerprint density at radius 2 is 1.68 bits per heavy atom. The van der Waals surface area contributed by atoms with Gasteiger partial charge in [-0.3, -0.25) is 4.79 Å². The molecule has 0 fully saturated rings. The molecule has 2 aromatic carbocycles. The van der Waals surface area contributed by atoms with Crippen molar-refractivity contribution in [2.24, 2.45) is 5.10 Å². The number of ether oxygens (including phenoxy) is 4. The van der Waals surface area contributed by atoms with E-state index in [0.29, 0.717) is 27.7 Å². The molecule has 0 radical (unpaired) electrons. The maximum absolute atomic E-state index is 12.6. The topological polar surface area (TPSA) is 95.5 Å². The molecular weight excluding hydrogens is 420 g/mol. The molecule has 1 amide bonds. The van der Waals surface area contributed by atoms with E-state index in [4.69, 9.17) is 18.9 Å². The van der Waals surface area contributed by atoms with Crippen molar-refractivity contribution in [1.29, 1.82) is 0 Å². The molecule has 0 atom stereocenters. The summed E-state index contributed by atoms with van der Waals surface area (Å²) in [5.41, 5.74) is 3.36. The number of carbonyl (C=O) groups is 2. The first-order valence-corrected chi connectivity index (χ1v) is 9.92. The van der Waals surface area contributed by atoms with E-state index < -0.39 is 5.97 Å². The van der Waals surface area contributed by atoms with E-state index in [1.54, 1.807) is 48.5 Å². The van der Waals surface area contributed by atoms with Crippen molar-refractivity contribution in [1.82, 2.24) is 5.43 Å². The quantitative estimate of drug-likeness (QED) is 0.248. The first-order valence-electron chi connectivity index (χ1n) is 9.04. The lowest BCUT2D eigenvalue weighted by atomic mass is 10.2. The van der Waals surface area contributed by atoms with E-state index in [0.717, 1.165) is 0 Å². The molecule has 1 aromatic heterocycles. The highest BCUT2D eigenvalue weighted by atomic mass is 32.1. The lowest BCUT2D eigenvalue weighted by molar-refractivity contribution is 0.0728. The van der Waals surface area contributed by atoms with Crippen molar-refractivity contribution in [3.8, 4) is 23.0 Å². The highest BCUT2D eigenvalue weighted by Gasteiger charge is 2.15. The number of amides is 1. The number of methoxy groups -OCH3 is 3. The molecule has 3 aromatic rings. The van der Waals surface area contributed by atoms with Crippen LogP contribution in [0.1, 0.15) is 25.6 Å². The Hall–Kier alpha value is -3.85. The van der Waals surface area contributed by atoms with Crippen molar-refractivity contribution in [3.63, 3.8) is 0 Å². The van der Waals surface area contributed by atoms with Gasteiger partial charge in [0.05, 0.1) is 38.0 Å². The summed E-state index contributed by atoms with van der Waals surface area (Å²) >= 11 is 1.32. The predicted molar refractivity (Wildman–Crippen MR) is 117 cm³/mol. The van der Waals surface area contributed by atoms with E-state index in [2.05, 4.69) is 10.5 Å². The van der Waals surface area contributed by atoms with E-state index in [1.165, 1.54) is 38.9 Å². The van der Waals surface area contributed by atoms with Crippen LogP contribution in [0.3, 0.4) is 0 Å². The van der Waals surface area contributed by atoms with Crippen LogP contribution in [0.2, 0.25) is 0 Å². The molecule has 0 unspecified atom stereocenters. The Morgan fingerprint density at radius 1 is 0.935 bits per heavy atom. The summed E-state index contributed by atoms with van der Waals surface area (Å²) in [6.07, 6.45) is 1.46. The van der Waals surface area contributed by atoms with Gasteiger partial charge in [-0.25, -0.2) is 10.2 Å². The second-order valence-corrected chi connectivity index (χ2v) is 7.03. The van der Waals surface area contributed by atoms with Gasteiger partial charge in [-0.2, -0.15) is 5.10 Å². The van der Waals surface area contributed by atoms with Gasteiger partial charge < -0.3 is 18.9 Å². The largest absolute Gasteiger partial charge is 0.497 e. The SMILES string of the molecule is COc1cc(OC)cc(C(=O)Oc2ccc(C=NNC(=O)c3cccs3)cc2OC)c1. The van der Waals surface area contributed by atoms with Gasteiger partial charge in [-0.15, -0.1) is 11.3 Å². The lowest BCUT2D eigenvalue weighted by Gasteiger charge is -2.11. The van der Waals surface area contributed by atoms with E-state index in [1.807, 2.05) is 5.38 Å². The molecular formula is C22H20N2O6S. The van der Waals surface area contributed by atoms with Crippen LogP contribution in [0.15, 0.2) is 59.0 Å². The molecule has 9 heteroatoms. The Balaban J connectivity index is 1.72. The van der Waals surface area contributed by atoms with Gasteiger partial charge in [0, 0.05) is 6.07 Å². The molecule has 8 nitrogen and oxygen atoms in total. The number of benzene rings is 2. The molecule has 31 heavy (non-hydrogen) atoms. The third-order valence-corrected chi connectivity index (χ3v) is 4.97. The zero-order valence-corrected chi connectivity index (χ0v) is 17.9. The van der Waals surface area contributed by atoms with Crippen LogP contribution < -0.4 is 24.4 Å². The number of esters is 1. The Kier molecular flexibility index (Phi) is 7.23. The molecule has 3 rings (SSSR count). The van der Waals surface area contributed by atoms with Crippen molar-refractivity contribution in [3.05, 3.63) is 69.9 Å². The number of hydrogen-bond donors (Lipinski definition) is 1. The molecule has 1 N–H and O–H groups in total. The molecule has 1 heterocycles. The Labute approximate surface area is 183 Å². The number of hydrazone groups is 1. The summed E-state index contributed by atoms with van der Waals surface area (Å²) in [4.78, 5) is 25.1. The summed E-state index contributed by atoms with van der Waals surface area (Å²) in [6.45, 7) is 0. The Bertz CT molecular complexity index is 1070. The fourth-order valence-electron chi connectivity index (χ4n) is 2.56. The first-order chi connectivity index (χ1) is 15.0. The van der Waals surface area contributed by atoms with Gasteiger partial charge in [-0.1, -0.05) is 6.07 Å². The number of carbonyl (C=O) groups excluding carboxylic acids is 2.